The molecule has 3 saturated heterocycles. The fourth-order valence-corrected chi connectivity index (χ4v) is 11.6. The molecule has 7 heterocycles. The van der Waals surface area contributed by atoms with Gasteiger partial charge in [-0.25, -0.2) is 10.4 Å². The molecule has 4 aliphatic heterocycles. The van der Waals surface area contributed by atoms with Crippen LogP contribution in [0.2, 0.25) is 0 Å². The summed E-state index contributed by atoms with van der Waals surface area (Å²) in [5.41, 5.74) is 9.31. The normalized spacial score (nSPS) is 24.9. The number of amides is 4. The number of aromatic nitrogens is 3. The van der Waals surface area contributed by atoms with Gasteiger partial charge in [0.1, 0.15) is 24.2 Å². The van der Waals surface area contributed by atoms with Crippen molar-refractivity contribution in [2.75, 3.05) is 40.4 Å². The van der Waals surface area contributed by atoms with Crippen molar-refractivity contribution in [1.29, 1.82) is 0 Å². The number of fused-ring (bicyclic) bond motifs is 6. The van der Waals surface area contributed by atoms with Gasteiger partial charge in [-0.05, 0) is 94.0 Å². The first kappa shape index (κ1) is 47.8. The molecule has 4 fully saturated rings. The standard InChI is InChI=1S/C51H67N9O7S/c1-9-59-39-17-16-31-22-34(39)35(45(59)33-12-10-19-52-41(33)29(4)66-8)24-51(5,6)27-67-50(65)36-13-11-20-60(56-36)48(63)37(23-40-53-38(31)26-68-40)54-46(61)44(28(2)3)57(7)47(62)32-18-21-58(25-32)49(64)43-42(55-43)30-14-15-30/h10,12,16-17,19,22,26,28-30,32,36-37,42-44,55-56H,9,11,13-15,18,20-21,23-25,27H2,1-8H3,(H,54,61)/t29-,32+,36-,37-,42+,43+,44?/m0/s1. The van der Waals surface area contributed by atoms with E-state index in [2.05, 4.69) is 65.7 Å². The van der Waals surface area contributed by atoms with Crippen LogP contribution in [0, 0.1) is 23.2 Å². The highest BCUT2D eigenvalue weighted by Crippen LogP contribution is 2.43. The topological polar surface area (TPSA) is 190 Å². The zero-order valence-corrected chi connectivity index (χ0v) is 41.5. The van der Waals surface area contributed by atoms with Gasteiger partial charge in [-0.1, -0.05) is 33.8 Å². The molecule has 16 nitrogen and oxygen atoms in total. The molecule has 7 atom stereocenters. The number of rotatable bonds is 11. The lowest BCUT2D eigenvalue weighted by Gasteiger charge is -2.36. The molecule has 5 aliphatic rings. The Morgan fingerprint density at radius 3 is 2.62 bits per heavy atom. The number of nitrogens with one attached hydrogen (secondary N) is 3. The summed E-state index contributed by atoms with van der Waals surface area (Å²) < 4.78 is 14.3. The molecule has 17 heteroatoms. The second-order valence-electron chi connectivity index (χ2n) is 20.7. The van der Waals surface area contributed by atoms with E-state index in [-0.39, 0.29) is 48.9 Å². The fraction of sp³-hybridized carbons (Fsp3) is 0.588. The number of hydrazine groups is 1. The Kier molecular flexibility index (Phi) is 13.6. The maximum Gasteiger partial charge on any atom is 0.324 e. The Bertz CT molecular complexity index is 2590. The fourth-order valence-electron chi connectivity index (χ4n) is 10.8. The van der Waals surface area contributed by atoms with E-state index in [1.54, 1.807) is 25.3 Å². The quantitative estimate of drug-likeness (QED) is 0.131. The molecule has 68 heavy (non-hydrogen) atoms. The molecule has 364 valence electrons. The minimum absolute atomic E-state index is 0.0564. The number of pyridine rings is 1. The number of cyclic esters (lactones) is 1. The first-order valence-electron chi connectivity index (χ1n) is 24.5. The number of likely N-dealkylation sites (N-methyl/N-ethyl adjacent to an activating group) is 1. The van der Waals surface area contributed by atoms with Gasteiger partial charge in [0.25, 0.3) is 5.91 Å². The van der Waals surface area contributed by atoms with Crippen molar-refractivity contribution in [3.8, 4) is 22.5 Å². The number of likely N-dealkylation sites (tertiary alicyclic amines) is 1. The van der Waals surface area contributed by atoms with Crippen LogP contribution in [0.1, 0.15) is 96.0 Å². The second kappa shape index (κ2) is 19.3. The summed E-state index contributed by atoms with van der Waals surface area (Å²) in [6.45, 7) is 14.1. The number of hydrogen-bond donors (Lipinski definition) is 3. The molecular weight excluding hydrogens is 883 g/mol. The van der Waals surface area contributed by atoms with Gasteiger partial charge in [0.15, 0.2) is 0 Å². The molecule has 1 aromatic carbocycles. The summed E-state index contributed by atoms with van der Waals surface area (Å²) in [5, 5.41) is 11.5. The first-order chi connectivity index (χ1) is 32.6. The van der Waals surface area contributed by atoms with Crippen LogP contribution in [-0.4, -0.2) is 130 Å². The van der Waals surface area contributed by atoms with E-state index < -0.39 is 47.2 Å². The number of hydrogen-bond acceptors (Lipinski definition) is 12. The minimum atomic E-state index is -1.07. The first-order valence-corrected chi connectivity index (χ1v) is 25.4. The highest BCUT2D eigenvalue weighted by Gasteiger charge is 2.53. The molecule has 1 saturated carbocycles. The lowest BCUT2D eigenvalue weighted by Crippen LogP contribution is -2.62. The second-order valence-corrected chi connectivity index (χ2v) is 21.6. The molecule has 1 unspecified atom stereocenters. The number of ether oxygens (including phenoxy) is 2. The maximum absolute atomic E-state index is 14.7. The van der Waals surface area contributed by atoms with E-state index in [1.165, 1.54) is 21.2 Å². The number of nitrogens with zero attached hydrogens (tertiary/aromatic N) is 6. The maximum atomic E-state index is 14.7. The number of aryl methyl sites for hydroxylation is 1. The van der Waals surface area contributed by atoms with E-state index in [4.69, 9.17) is 19.4 Å². The largest absolute Gasteiger partial charge is 0.464 e. The van der Waals surface area contributed by atoms with Crippen molar-refractivity contribution in [3.05, 3.63) is 58.2 Å². The van der Waals surface area contributed by atoms with Crippen LogP contribution in [0.5, 0.6) is 0 Å². The van der Waals surface area contributed by atoms with E-state index in [0.717, 1.165) is 57.5 Å². The number of carbonyl (C=O) groups is 5. The summed E-state index contributed by atoms with van der Waals surface area (Å²) in [6.07, 6.45) is 6.06. The van der Waals surface area contributed by atoms with Crippen LogP contribution in [0.3, 0.4) is 0 Å². The van der Waals surface area contributed by atoms with Crippen LogP contribution in [0.25, 0.3) is 33.4 Å². The Balaban J connectivity index is 1.02. The Morgan fingerprint density at radius 2 is 1.88 bits per heavy atom. The zero-order valence-electron chi connectivity index (χ0n) is 40.7. The molecule has 4 aromatic rings. The molecule has 1 aliphatic carbocycles. The third kappa shape index (κ3) is 9.55. The highest BCUT2D eigenvalue weighted by atomic mass is 32.1. The third-order valence-electron chi connectivity index (χ3n) is 14.7. The Labute approximate surface area is 402 Å². The number of thiazole rings is 1. The highest BCUT2D eigenvalue weighted by molar-refractivity contribution is 7.10. The average Bonchev–Trinajstić information content (AvgIpc) is 4.21. The van der Waals surface area contributed by atoms with Crippen LogP contribution in [0.15, 0.2) is 41.9 Å². The number of methoxy groups -OCH3 is 1. The predicted molar refractivity (Wildman–Crippen MR) is 259 cm³/mol. The Hall–Kier alpha value is -5.23. The summed E-state index contributed by atoms with van der Waals surface area (Å²) in [6, 6.07) is 7.78. The zero-order chi connectivity index (χ0) is 48.2. The van der Waals surface area contributed by atoms with Gasteiger partial charge in [-0.15, -0.1) is 11.3 Å². The number of carbonyl (C=O) groups excluding carboxylic acids is 5. The lowest BCUT2D eigenvalue weighted by atomic mass is 9.84. The van der Waals surface area contributed by atoms with Gasteiger partial charge >= 0.3 is 5.97 Å². The van der Waals surface area contributed by atoms with Crippen molar-refractivity contribution in [1.82, 2.24) is 45.4 Å². The molecule has 0 radical (unpaired) electrons. The van der Waals surface area contributed by atoms with Crippen LogP contribution < -0.4 is 16.1 Å². The van der Waals surface area contributed by atoms with Gasteiger partial charge in [-0.2, -0.15) is 0 Å². The van der Waals surface area contributed by atoms with Crippen LogP contribution >= 0.6 is 11.3 Å². The van der Waals surface area contributed by atoms with Gasteiger partial charge < -0.3 is 29.2 Å². The number of esters is 1. The summed E-state index contributed by atoms with van der Waals surface area (Å²) in [7, 11) is 3.33. The van der Waals surface area contributed by atoms with Crippen LogP contribution in [0.4, 0.5) is 0 Å². The van der Waals surface area contributed by atoms with Crippen molar-refractivity contribution < 1.29 is 33.4 Å². The van der Waals surface area contributed by atoms with Crippen molar-refractivity contribution >= 4 is 51.8 Å². The van der Waals surface area contributed by atoms with E-state index >= 15 is 0 Å². The monoisotopic (exact) mass is 949 g/mol. The van der Waals surface area contributed by atoms with Gasteiger partial charge in [-0.3, -0.25) is 39.3 Å². The van der Waals surface area contributed by atoms with Crippen LogP contribution in [-0.2, 0) is 52.8 Å². The van der Waals surface area contributed by atoms with Crippen molar-refractivity contribution in [3.63, 3.8) is 0 Å². The van der Waals surface area contributed by atoms with E-state index in [9.17, 15) is 24.0 Å². The van der Waals surface area contributed by atoms with E-state index in [0.29, 0.717) is 62.8 Å². The van der Waals surface area contributed by atoms with Crippen molar-refractivity contribution in [2.45, 2.75) is 129 Å². The molecule has 4 amide bonds. The molecular formula is C51H67N9O7S. The van der Waals surface area contributed by atoms with Gasteiger partial charge in [0.2, 0.25) is 17.7 Å². The smallest absolute Gasteiger partial charge is 0.324 e. The molecule has 3 N–H and O–H groups in total. The summed E-state index contributed by atoms with van der Waals surface area (Å²) in [4.78, 5) is 83.8. The molecule has 6 bridgehead atoms. The molecule has 0 spiro atoms. The SMILES string of the molecule is CCn1c(-c2cccnc2[C@H](C)OC)c2c3cc(ccc31)-c1csc(n1)C[C@H](NC(=O)C(C(C)C)N(C)C(=O)[C@@H]1CCN(C(=O)[C@@H]3N[C@@H]3C3CC3)C1)C(=O)N1CCC[C@H](N1)C(=O)OCC(C)(C)C2. The van der Waals surface area contributed by atoms with Gasteiger partial charge in [0, 0.05) is 91.8 Å². The van der Waals surface area contributed by atoms with E-state index in [1.807, 2.05) is 32.2 Å². The number of benzene rings is 1. The predicted octanol–water partition coefficient (Wildman–Crippen LogP) is 5.28. The van der Waals surface area contributed by atoms with Crippen molar-refractivity contribution in [2.24, 2.45) is 23.2 Å². The lowest BCUT2D eigenvalue weighted by molar-refractivity contribution is -0.155. The summed E-state index contributed by atoms with van der Waals surface area (Å²) >= 11 is 1.42. The molecule has 9 rings (SSSR count). The molecule has 3 aromatic heterocycles. The minimum Gasteiger partial charge on any atom is -0.464 e. The summed E-state index contributed by atoms with van der Waals surface area (Å²) in [5.74, 6) is -1.62. The Morgan fingerprint density at radius 1 is 1.09 bits per heavy atom. The van der Waals surface area contributed by atoms with Gasteiger partial charge in [0.05, 0.1) is 40.7 Å². The third-order valence-corrected chi connectivity index (χ3v) is 15.6. The average molecular weight is 950 g/mol.